The van der Waals surface area contributed by atoms with Gasteiger partial charge in [-0.1, -0.05) is 30.7 Å². The average molecular weight is 438 g/mol. The maximum Gasteiger partial charge on any atom is 0.229 e. The molecule has 0 spiro atoms. The molecule has 1 amide bonds. The summed E-state index contributed by atoms with van der Waals surface area (Å²) in [6.45, 7) is 2.23. The van der Waals surface area contributed by atoms with E-state index in [4.69, 9.17) is 4.98 Å². The Morgan fingerprint density at radius 2 is 2.19 bits per heavy atom. The lowest BCUT2D eigenvalue weighted by Crippen LogP contribution is -2.36. The smallest absolute Gasteiger partial charge is 0.229 e. The number of imidazole rings is 1. The third-order valence-electron chi connectivity index (χ3n) is 7.35. The van der Waals surface area contributed by atoms with E-state index in [0.717, 1.165) is 34.1 Å². The molecule has 0 aliphatic heterocycles. The van der Waals surface area contributed by atoms with Crippen LogP contribution in [0, 0.1) is 17.8 Å². The standard InChI is InChI=1S/C24H31N5OS/c1-4-20(28(2)3)22(29-10-9-25-14-29)17-7-8-19-21(13-17)31-24(26-19)27-23(30)18-12-15-5-6-16(18)11-15/h7-10,13-16,18,20,22H,4-6,11-12H2,1-3H3,(H,26,27,30). The van der Waals surface area contributed by atoms with Crippen molar-refractivity contribution in [2.75, 3.05) is 19.4 Å². The lowest BCUT2D eigenvalue weighted by Gasteiger charge is -2.33. The molecule has 2 saturated carbocycles. The van der Waals surface area contributed by atoms with Crippen LogP contribution in [-0.2, 0) is 4.79 Å². The Balaban J connectivity index is 1.41. The maximum atomic E-state index is 12.9. The van der Waals surface area contributed by atoms with Crippen LogP contribution in [0.3, 0.4) is 0 Å². The van der Waals surface area contributed by atoms with Crippen LogP contribution in [0.5, 0.6) is 0 Å². The number of nitrogens with one attached hydrogen (secondary N) is 1. The summed E-state index contributed by atoms with van der Waals surface area (Å²) in [5, 5.41) is 3.85. The minimum absolute atomic E-state index is 0.168. The molecular weight excluding hydrogens is 406 g/mol. The first-order valence-electron chi connectivity index (χ1n) is 11.4. The molecule has 5 unspecified atom stereocenters. The van der Waals surface area contributed by atoms with Gasteiger partial charge in [-0.15, -0.1) is 0 Å². The van der Waals surface area contributed by atoms with Gasteiger partial charge < -0.3 is 14.8 Å². The van der Waals surface area contributed by atoms with E-state index in [1.54, 1.807) is 11.3 Å². The van der Waals surface area contributed by atoms with Crippen molar-refractivity contribution in [2.45, 2.75) is 51.1 Å². The summed E-state index contributed by atoms with van der Waals surface area (Å²) in [6, 6.07) is 7.00. The van der Waals surface area contributed by atoms with Gasteiger partial charge in [0.1, 0.15) is 0 Å². The average Bonchev–Trinajstić information content (AvgIpc) is 3.55. The van der Waals surface area contributed by atoms with Crippen LogP contribution in [0.4, 0.5) is 5.13 Å². The molecule has 0 saturated heterocycles. The zero-order valence-corrected chi connectivity index (χ0v) is 19.3. The topological polar surface area (TPSA) is 63.1 Å². The predicted molar refractivity (Wildman–Crippen MR) is 125 cm³/mol. The first-order valence-corrected chi connectivity index (χ1v) is 12.2. The highest BCUT2D eigenvalue weighted by atomic mass is 32.1. The number of benzene rings is 1. The highest BCUT2D eigenvalue weighted by Crippen LogP contribution is 2.48. The van der Waals surface area contributed by atoms with Gasteiger partial charge in [-0.3, -0.25) is 4.79 Å². The molecule has 5 atom stereocenters. The van der Waals surface area contributed by atoms with Gasteiger partial charge in [0.15, 0.2) is 5.13 Å². The highest BCUT2D eigenvalue weighted by Gasteiger charge is 2.43. The van der Waals surface area contributed by atoms with Crippen molar-refractivity contribution in [2.24, 2.45) is 17.8 Å². The monoisotopic (exact) mass is 437 g/mol. The van der Waals surface area contributed by atoms with Gasteiger partial charge in [0, 0.05) is 24.4 Å². The van der Waals surface area contributed by atoms with Crippen molar-refractivity contribution in [3.8, 4) is 0 Å². The van der Waals surface area contributed by atoms with E-state index in [1.807, 2.05) is 18.7 Å². The number of aromatic nitrogens is 3. The fraction of sp³-hybridized carbons (Fsp3) is 0.542. The molecule has 2 fully saturated rings. The van der Waals surface area contributed by atoms with Gasteiger partial charge in [0.05, 0.1) is 22.6 Å². The number of fused-ring (bicyclic) bond motifs is 3. The zero-order chi connectivity index (χ0) is 21.5. The van der Waals surface area contributed by atoms with Gasteiger partial charge in [-0.05, 0) is 69.3 Å². The second kappa shape index (κ2) is 8.36. The molecular formula is C24H31N5OS. The van der Waals surface area contributed by atoms with Gasteiger partial charge in [0.2, 0.25) is 5.91 Å². The van der Waals surface area contributed by atoms with Crippen LogP contribution < -0.4 is 5.32 Å². The SMILES string of the molecule is CCC(C(c1ccc2nc(NC(=O)C3CC4CCC3C4)sc2c1)n1ccnc1)N(C)C. The van der Waals surface area contributed by atoms with Crippen LogP contribution in [0.2, 0.25) is 0 Å². The molecule has 2 aliphatic rings. The summed E-state index contributed by atoms with van der Waals surface area (Å²) in [5.41, 5.74) is 2.18. The van der Waals surface area contributed by atoms with Gasteiger partial charge >= 0.3 is 0 Å². The van der Waals surface area contributed by atoms with Crippen molar-refractivity contribution >= 4 is 32.6 Å². The fourth-order valence-corrected chi connectivity index (χ4v) is 6.76. The molecule has 2 aliphatic carbocycles. The van der Waals surface area contributed by atoms with Gasteiger partial charge in [0.25, 0.3) is 0 Å². The number of nitrogens with zero attached hydrogens (tertiary/aromatic N) is 4. The van der Waals surface area contributed by atoms with Crippen molar-refractivity contribution in [1.29, 1.82) is 0 Å². The molecule has 31 heavy (non-hydrogen) atoms. The van der Waals surface area contributed by atoms with Crippen LogP contribution in [0.1, 0.15) is 50.6 Å². The Morgan fingerprint density at radius 3 is 2.84 bits per heavy atom. The Kier molecular flexibility index (Phi) is 5.56. The Bertz CT molecular complexity index is 1060. The normalized spacial score (nSPS) is 24.7. The number of carbonyl (C=O) groups is 1. The largest absolute Gasteiger partial charge is 0.328 e. The summed E-state index contributed by atoms with van der Waals surface area (Å²) >= 11 is 1.58. The maximum absolute atomic E-state index is 12.9. The molecule has 1 aromatic carbocycles. The van der Waals surface area contributed by atoms with E-state index in [0.29, 0.717) is 12.0 Å². The van der Waals surface area contributed by atoms with E-state index >= 15 is 0 Å². The third-order valence-corrected chi connectivity index (χ3v) is 8.28. The second-order valence-corrected chi connectivity index (χ2v) is 10.4. The number of likely N-dealkylation sites (N-methyl/N-ethyl adjacent to an activating group) is 1. The lowest BCUT2D eigenvalue weighted by molar-refractivity contribution is -0.121. The third kappa shape index (κ3) is 3.89. The highest BCUT2D eigenvalue weighted by molar-refractivity contribution is 7.22. The van der Waals surface area contributed by atoms with Crippen LogP contribution >= 0.6 is 11.3 Å². The number of hydrogen-bond acceptors (Lipinski definition) is 5. The summed E-state index contributed by atoms with van der Waals surface area (Å²) in [6.07, 6.45) is 11.6. The van der Waals surface area contributed by atoms with E-state index < -0.39 is 0 Å². The van der Waals surface area contributed by atoms with Crippen molar-refractivity contribution in [3.05, 3.63) is 42.5 Å². The number of anilines is 1. The van der Waals surface area contributed by atoms with Crippen LogP contribution in [0.15, 0.2) is 36.9 Å². The van der Waals surface area contributed by atoms with Gasteiger partial charge in [-0.2, -0.15) is 0 Å². The van der Waals surface area contributed by atoms with Crippen molar-refractivity contribution in [3.63, 3.8) is 0 Å². The van der Waals surface area contributed by atoms with Crippen molar-refractivity contribution in [1.82, 2.24) is 19.4 Å². The van der Waals surface area contributed by atoms with Crippen LogP contribution in [-0.4, -0.2) is 45.5 Å². The molecule has 2 bridgehead atoms. The van der Waals surface area contributed by atoms with Crippen LogP contribution in [0.25, 0.3) is 10.2 Å². The lowest BCUT2D eigenvalue weighted by atomic mass is 9.88. The summed E-state index contributed by atoms with van der Waals surface area (Å²) in [5.74, 6) is 1.69. The fourth-order valence-electron chi connectivity index (χ4n) is 5.84. The molecule has 1 N–H and O–H groups in total. The molecule has 5 rings (SSSR count). The molecule has 7 heteroatoms. The number of carbonyl (C=O) groups excluding carboxylic acids is 1. The predicted octanol–water partition coefficient (Wildman–Crippen LogP) is 4.80. The Labute approximate surface area is 187 Å². The Morgan fingerprint density at radius 1 is 1.32 bits per heavy atom. The molecule has 2 heterocycles. The zero-order valence-electron chi connectivity index (χ0n) is 18.5. The number of rotatable bonds is 7. The number of amides is 1. The Hall–Kier alpha value is -2.25. The van der Waals surface area contributed by atoms with Gasteiger partial charge in [-0.25, -0.2) is 9.97 Å². The molecule has 2 aromatic heterocycles. The minimum Gasteiger partial charge on any atom is -0.328 e. The quantitative estimate of drug-likeness (QED) is 0.577. The summed E-state index contributed by atoms with van der Waals surface area (Å²) in [7, 11) is 4.26. The summed E-state index contributed by atoms with van der Waals surface area (Å²) in [4.78, 5) is 24.1. The minimum atomic E-state index is 0.168. The number of thiazole rings is 1. The van der Waals surface area contributed by atoms with E-state index in [9.17, 15) is 4.79 Å². The van der Waals surface area contributed by atoms with E-state index in [2.05, 4.69) is 59.0 Å². The molecule has 3 aromatic rings. The van der Waals surface area contributed by atoms with E-state index in [1.165, 1.54) is 24.8 Å². The number of hydrogen-bond donors (Lipinski definition) is 1. The van der Waals surface area contributed by atoms with Crippen molar-refractivity contribution < 1.29 is 4.79 Å². The molecule has 0 radical (unpaired) electrons. The van der Waals surface area contributed by atoms with E-state index in [-0.39, 0.29) is 17.9 Å². The second-order valence-electron chi connectivity index (χ2n) is 9.41. The summed E-state index contributed by atoms with van der Waals surface area (Å²) < 4.78 is 3.30. The molecule has 164 valence electrons. The molecule has 6 nitrogen and oxygen atoms in total. The first-order chi connectivity index (χ1) is 15.0. The first kappa shape index (κ1) is 20.6.